The Balaban J connectivity index is 1.80. The minimum atomic E-state index is -0.216. The highest BCUT2D eigenvalue weighted by atomic mass is 16.3. The van der Waals surface area contributed by atoms with Gasteiger partial charge in [-0.25, -0.2) is 0 Å². The number of aliphatic hydroxyl groups excluding tert-OH is 2. The summed E-state index contributed by atoms with van der Waals surface area (Å²) in [6.07, 6.45) is 12.2. The molecule has 0 saturated heterocycles. The molecule has 2 saturated carbocycles. The van der Waals surface area contributed by atoms with E-state index in [1.54, 1.807) is 0 Å². The second kappa shape index (κ2) is 4.48. The molecule has 0 aromatic rings. The Hall–Kier alpha value is -1.06. The van der Waals surface area contributed by atoms with Gasteiger partial charge in [-0.1, -0.05) is 32.1 Å². The summed E-state index contributed by atoms with van der Waals surface area (Å²) in [5, 5.41) is 21.2. The average Bonchev–Trinajstić information content (AvgIpc) is 2.77. The lowest BCUT2D eigenvalue weighted by molar-refractivity contribution is -0.0525. The van der Waals surface area contributed by atoms with Gasteiger partial charge < -0.3 is 15.9 Å². The highest BCUT2D eigenvalue weighted by Crippen LogP contribution is 2.64. The van der Waals surface area contributed by atoms with Gasteiger partial charge in [0.25, 0.3) is 0 Å². The topological polar surface area (TPSA) is 66.5 Å². The molecule has 7 atom stereocenters. The zero-order valence-electron chi connectivity index (χ0n) is 13.5. The van der Waals surface area contributed by atoms with Crippen molar-refractivity contribution in [3.63, 3.8) is 0 Å². The van der Waals surface area contributed by atoms with Crippen molar-refractivity contribution in [2.75, 3.05) is 0 Å². The molecule has 0 bridgehead atoms. The average molecular weight is 301 g/mol. The molecule has 4 N–H and O–H groups in total. The first-order valence-electron chi connectivity index (χ1n) is 8.62. The summed E-state index contributed by atoms with van der Waals surface area (Å²) < 4.78 is 0. The minimum Gasteiger partial charge on any atom is -0.512 e. The van der Waals surface area contributed by atoms with Crippen molar-refractivity contribution >= 4 is 0 Å². The van der Waals surface area contributed by atoms with E-state index in [1.807, 2.05) is 6.08 Å². The number of hydrogen-bond donors (Lipinski definition) is 3. The summed E-state index contributed by atoms with van der Waals surface area (Å²) in [4.78, 5) is 0. The van der Waals surface area contributed by atoms with E-state index in [-0.39, 0.29) is 28.9 Å². The van der Waals surface area contributed by atoms with Crippen molar-refractivity contribution in [2.24, 2.45) is 34.3 Å². The third-order valence-corrected chi connectivity index (χ3v) is 7.29. The molecule has 0 aromatic heterocycles. The molecule has 3 nitrogen and oxygen atoms in total. The molecule has 0 spiro atoms. The molecule has 0 aromatic carbocycles. The smallest absolute Gasteiger partial charge is 0.0962 e. The number of rotatable bonds is 0. The van der Waals surface area contributed by atoms with E-state index < -0.39 is 0 Å². The molecule has 4 rings (SSSR count). The zero-order chi connectivity index (χ0) is 15.7. The van der Waals surface area contributed by atoms with E-state index in [4.69, 9.17) is 5.73 Å². The van der Waals surface area contributed by atoms with Crippen molar-refractivity contribution in [1.82, 2.24) is 0 Å². The van der Waals surface area contributed by atoms with Crippen molar-refractivity contribution in [1.29, 1.82) is 0 Å². The second-order valence-corrected chi connectivity index (χ2v) is 8.29. The first-order chi connectivity index (χ1) is 10.4. The maximum atomic E-state index is 10.8. The molecule has 2 unspecified atom stereocenters. The van der Waals surface area contributed by atoms with E-state index in [1.165, 1.54) is 5.57 Å². The SMILES string of the molecule is C[C@]12C=CC(N)C=C1C=C(O)[C@@H]1[C@H]2CC[C@]2(C)C(O)CC[C@@H]12. The highest BCUT2D eigenvalue weighted by molar-refractivity contribution is 5.43. The summed E-state index contributed by atoms with van der Waals surface area (Å²) in [6, 6.07) is -0.0502. The van der Waals surface area contributed by atoms with Crippen LogP contribution in [0.1, 0.15) is 39.5 Å². The van der Waals surface area contributed by atoms with Gasteiger partial charge in [-0.15, -0.1) is 0 Å². The fraction of sp³-hybridized carbons (Fsp3) is 0.684. The van der Waals surface area contributed by atoms with E-state index in [2.05, 4.69) is 32.1 Å². The van der Waals surface area contributed by atoms with Crippen molar-refractivity contribution in [3.8, 4) is 0 Å². The van der Waals surface area contributed by atoms with Gasteiger partial charge in [0.15, 0.2) is 0 Å². The lowest BCUT2D eigenvalue weighted by Crippen LogP contribution is -2.50. The van der Waals surface area contributed by atoms with Crippen LogP contribution >= 0.6 is 0 Å². The van der Waals surface area contributed by atoms with Crippen LogP contribution in [0.2, 0.25) is 0 Å². The van der Waals surface area contributed by atoms with E-state index in [9.17, 15) is 10.2 Å². The van der Waals surface area contributed by atoms with Crippen molar-refractivity contribution in [2.45, 2.75) is 51.7 Å². The predicted octanol–water partition coefficient (Wildman–Crippen LogP) is 3.08. The lowest BCUT2D eigenvalue weighted by Gasteiger charge is -2.55. The standard InChI is InChI=1S/C19H27NO2/c1-18-7-5-12(20)9-11(18)10-15(21)17-13-3-4-16(22)19(13,2)8-6-14(17)18/h5,7,9-10,12-14,16-17,21-22H,3-4,6,8,20H2,1-2H3/t12?,13-,14+,16?,17-,18-,19-/m0/s1. The maximum Gasteiger partial charge on any atom is 0.0962 e. The van der Waals surface area contributed by atoms with Gasteiger partial charge in [0, 0.05) is 17.4 Å². The first-order valence-corrected chi connectivity index (χ1v) is 8.62. The Morgan fingerprint density at radius 3 is 2.73 bits per heavy atom. The second-order valence-electron chi connectivity index (χ2n) is 8.29. The Morgan fingerprint density at radius 2 is 1.95 bits per heavy atom. The summed E-state index contributed by atoms with van der Waals surface area (Å²) in [5.74, 6) is 1.49. The fourth-order valence-electron chi connectivity index (χ4n) is 5.84. The van der Waals surface area contributed by atoms with Crippen LogP contribution in [-0.4, -0.2) is 22.4 Å². The molecule has 0 amide bonds. The molecular weight excluding hydrogens is 274 g/mol. The monoisotopic (exact) mass is 301 g/mol. The van der Waals surface area contributed by atoms with Gasteiger partial charge in [0.1, 0.15) is 0 Å². The van der Waals surface area contributed by atoms with Gasteiger partial charge in [-0.3, -0.25) is 0 Å². The van der Waals surface area contributed by atoms with Crippen LogP contribution in [0.3, 0.4) is 0 Å². The van der Waals surface area contributed by atoms with E-state index in [0.29, 0.717) is 17.6 Å². The molecule has 3 heteroatoms. The third-order valence-electron chi connectivity index (χ3n) is 7.29. The van der Waals surface area contributed by atoms with Crippen LogP contribution in [0.5, 0.6) is 0 Å². The maximum absolute atomic E-state index is 10.8. The number of aliphatic hydroxyl groups is 2. The number of hydrogen-bond acceptors (Lipinski definition) is 3. The van der Waals surface area contributed by atoms with Crippen molar-refractivity contribution in [3.05, 3.63) is 35.6 Å². The summed E-state index contributed by atoms with van der Waals surface area (Å²) in [5.41, 5.74) is 7.14. The van der Waals surface area contributed by atoms with Crippen LogP contribution < -0.4 is 5.73 Å². The van der Waals surface area contributed by atoms with Crippen LogP contribution in [0.25, 0.3) is 0 Å². The summed E-state index contributed by atoms with van der Waals surface area (Å²) >= 11 is 0. The largest absolute Gasteiger partial charge is 0.512 e. The predicted molar refractivity (Wildman–Crippen MR) is 87.1 cm³/mol. The van der Waals surface area contributed by atoms with Crippen molar-refractivity contribution < 1.29 is 10.2 Å². The van der Waals surface area contributed by atoms with Gasteiger partial charge >= 0.3 is 0 Å². The molecule has 0 radical (unpaired) electrons. The number of fused-ring (bicyclic) bond motifs is 5. The third kappa shape index (κ3) is 1.70. The Labute approximate surface area is 132 Å². The van der Waals surface area contributed by atoms with Crippen LogP contribution in [0.15, 0.2) is 35.6 Å². The van der Waals surface area contributed by atoms with Crippen LogP contribution in [-0.2, 0) is 0 Å². The van der Waals surface area contributed by atoms with E-state index in [0.717, 1.165) is 25.7 Å². The van der Waals surface area contributed by atoms with Crippen LogP contribution in [0.4, 0.5) is 0 Å². The van der Waals surface area contributed by atoms with Gasteiger partial charge in [0.2, 0.25) is 0 Å². The molecule has 4 aliphatic rings. The molecule has 0 aliphatic heterocycles. The number of allylic oxidation sites excluding steroid dienone is 4. The Kier molecular flexibility index (Phi) is 2.96. The Morgan fingerprint density at radius 1 is 1.18 bits per heavy atom. The molecule has 2 fully saturated rings. The summed E-state index contributed by atoms with van der Waals surface area (Å²) in [6.45, 7) is 4.51. The normalized spacial score (nSPS) is 53.2. The van der Waals surface area contributed by atoms with Gasteiger partial charge in [0.05, 0.1) is 11.9 Å². The molecule has 4 aliphatic carbocycles. The Bertz CT molecular complexity index is 592. The molecule has 120 valence electrons. The molecular formula is C19H27NO2. The minimum absolute atomic E-state index is 0.0262. The summed E-state index contributed by atoms with van der Waals surface area (Å²) in [7, 11) is 0. The quantitative estimate of drug-likeness (QED) is 0.602. The zero-order valence-corrected chi connectivity index (χ0v) is 13.5. The number of nitrogens with two attached hydrogens (primary N) is 1. The van der Waals surface area contributed by atoms with Gasteiger partial charge in [-0.2, -0.15) is 0 Å². The fourth-order valence-corrected chi connectivity index (χ4v) is 5.84. The van der Waals surface area contributed by atoms with Gasteiger partial charge in [-0.05, 0) is 54.6 Å². The van der Waals surface area contributed by atoms with E-state index >= 15 is 0 Å². The van der Waals surface area contributed by atoms with Crippen LogP contribution in [0, 0.1) is 28.6 Å². The lowest BCUT2D eigenvalue weighted by atomic mass is 9.49. The molecule has 22 heavy (non-hydrogen) atoms. The highest BCUT2D eigenvalue weighted by Gasteiger charge is 2.59. The molecule has 0 heterocycles. The first kappa shape index (κ1) is 14.5.